The Hall–Kier alpha value is -1.81. The third kappa shape index (κ3) is 2.13. The lowest BCUT2D eigenvalue weighted by molar-refractivity contribution is -0.253. The lowest BCUT2D eigenvalue weighted by Gasteiger charge is -2.39. The molecular formula is C12H12F3N3O3S. The number of imidazole rings is 1. The van der Waals surface area contributed by atoms with E-state index >= 15 is 0 Å². The van der Waals surface area contributed by atoms with Crippen molar-refractivity contribution in [3.05, 3.63) is 24.3 Å². The van der Waals surface area contributed by atoms with Gasteiger partial charge in [-0.1, -0.05) is 12.1 Å². The van der Waals surface area contributed by atoms with E-state index in [2.05, 4.69) is 4.98 Å². The van der Waals surface area contributed by atoms with E-state index in [9.17, 15) is 26.7 Å². The maximum atomic E-state index is 13.1. The summed E-state index contributed by atoms with van der Waals surface area (Å²) in [5.41, 5.74) is -2.63. The highest BCUT2D eigenvalue weighted by Crippen LogP contribution is 2.44. The summed E-state index contributed by atoms with van der Waals surface area (Å²) < 4.78 is 64.3. The molecular weight excluding hydrogens is 323 g/mol. The minimum atomic E-state index is -5.04. The molecule has 0 saturated carbocycles. The first-order valence-corrected chi connectivity index (χ1v) is 8.21. The van der Waals surface area contributed by atoms with Crippen molar-refractivity contribution in [3.63, 3.8) is 0 Å². The van der Waals surface area contributed by atoms with E-state index in [1.807, 2.05) is 5.32 Å². The second-order valence-corrected chi connectivity index (χ2v) is 7.47. The van der Waals surface area contributed by atoms with Gasteiger partial charge in [-0.15, -0.1) is 0 Å². The smallest absolute Gasteiger partial charge is 0.363 e. The molecule has 0 bridgehead atoms. The van der Waals surface area contributed by atoms with E-state index in [1.54, 1.807) is 24.3 Å². The summed E-state index contributed by atoms with van der Waals surface area (Å²) in [6.45, 7) is 0. The Kier molecular flexibility index (Phi) is 2.99. The summed E-state index contributed by atoms with van der Waals surface area (Å²) in [6, 6.07) is 6.37. The fourth-order valence-corrected chi connectivity index (χ4v) is 3.67. The van der Waals surface area contributed by atoms with Gasteiger partial charge in [0.25, 0.3) is 0 Å². The molecule has 1 aliphatic heterocycles. The molecule has 3 rings (SSSR count). The van der Waals surface area contributed by atoms with Crippen molar-refractivity contribution in [2.75, 3.05) is 11.6 Å². The molecule has 2 atom stereocenters. The number of hydrogen-bond donors (Lipinski definition) is 2. The molecule has 6 nitrogen and oxygen atoms in total. The number of nitrogens with one attached hydrogen (secondary N) is 1. The van der Waals surface area contributed by atoms with Crippen molar-refractivity contribution in [2.45, 2.75) is 23.7 Å². The van der Waals surface area contributed by atoms with Crippen molar-refractivity contribution in [1.82, 2.24) is 9.55 Å². The molecule has 120 valence electrons. The van der Waals surface area contributed by atoms with Crippen LogP contribution in [0, 0.1) is 0 Å². The zero-order valence-corrected chi connectivity index (χ0v) is 12.1. The molecule has 22 heavy (non-hydrogen) atoms. The summed E-state index contributed by atoms with van der Waals surface area (Å²) >= 11 is 0. The second-order valence-electron chi connectivity index (χ2n) is 5.27. The van der Waals surface area contributed by atoms with Crippen molar-refractivity contribution in [3.8, 4) is 0 Å². The lowest BCUT2D eigenvalue weighted by atomic mass is 10.1. The fraction of sp³-hybridized carbons (Fsp3) is 0.417. The van der Waals surface area contributed by atoms with Crippen molar-refractivity contribution in [2.24, 2.45) is 0 Å². The summed E-state index contributed by atoms with van der Waals surface area (Å²) in [5.74, 6) is -0.331. The van der Waals surface area contributed by atoms with E-state index in [1.165, 1.54) is 4.57 Å². The third-order valence-electron chi connectivity index (χ3n) is 3.64. The van der Waals surface area contributed by atoms with Gasteiger partial charge in [0.2, 0.25) is 11.7 Å². The third-order valence-corrected chi connectivity index (χ3v) is 5.00. The molecule has 10 heteroatoms. The summed E-state index contributed by atoms with van der Waals surface area (Å²) in [6.07, 6.45) is -5.26. The standard InChI is InChI=1S/C12H12F3N3O3S/c1-22(20,21)9-6-11(19,12(13,14)15)17-10-16-7-4-2-3-5-8(7)18(9)10/h2-5,9,19H,6H2,1H3,(H,16,17). The Labute approximate surface area is 123 Å². The monoisotopic (exact) mass is 335 g/mol. The molecule has 0 radical (unpaired) electrons. The summed E-state index contributed by atoms with van der Waals surface area (Å²) in [4.78, 5) is 3.95. The van der Waals surface area contributed by atoms with Crippen LogP contribution in [0.15, 0.2) is 24.3 Å². The SMILES string of the molecule is CS(=O)(=O)C1CC(O)(C(F)(F)F)Nc2nc3ccccc3n21. The molecule has 0 spiro atoms. The van der Waals surface area contributed by atoms with E-state index in [4.69, 9.17) is 0 Å². The molecule has 0 aliphatic carbocycles. The number of sulfone groups is 1. The number of fused-ring (bicyclic) bond motifs is 3. The number of hydrogen-bond acceptors (Lipinski definition) is 5. The zero-order chi connectivity index (χ0) is 16.3. The number of para-hydroxylation sites is 2. The highest BCUT2D eigenvalue weighted by molar-refractivity contribution is 7.90. The van der Waals surface area contributed by atoms with Crippen LogP contribution >= 0.6 is 0 Å². The maximum absolute atomic E-state index is 13.1. The number of aromatic nitrogens is 2. The largest absolute Gasteiger partial charge is 0.436 e. The Morgan fingerprint density at radius 2 is 2.05 bits per heavy atom. The van der Waals surface area contributed by atoms with Crippen LogP contribution in [0.3, 0.4) is 0 Å². The summed E-state index contributed by atoms with van der Waals surface area (Å²) in [5, 5.41) is 10.2. The van der Waals surface area contributed by atoms with Gasteiger partial charge >= 0.3 is 6.18 Å². The van der Waals surface area contributed by atoms with E-state index in [0.717, 1.165) is 6.26 Å². The van der Waals surface area contributed by atoms with E-state index in [0.29, 0.717) is 11.0 Å². The van der Waals surface area contributed by atoms with Crippen molar-refractivity contribution < 1.29 is 26.7 Å². The Morgan fingerprint density at radius 1 is 1.41 bits per heavy atom. The molecule has 0 saturated heterocycles. The molecule has 1 aromatic heterocycles. The molecule has 2 aromatic rings. The summed E-state index contributed by atoms with van der Waals surface area (Å²) in [7, 11) is -3.91. The number of anilines is 1. The van der Waals surface area contributed by atoms with Gasteiger partial charge < -0.3 is 10.4 Å². The van der Waals surface area contributed by atoms with Crippen LogP contribution in [0.5, 0.6) is 0 Å². The van der Waals surface area contributed by atoms with Gasteiger partial charge in [0.15, 0.2) is 9.84 Å². The average Bonchev–Trinajstić information content (AvgIpc) is 2.72. The normalized spacial score (nSPS) is 25.8. The number of rotatable bonds is 1. The van der Waals surface area contributed by atoms with Gasteiger partial charge in [-0.25, -0.2) is 13.4 Å². The van der Waals surface area contributed by atoms with Crippen LogP contribution < -0.4 is 5.32 Å². The second kappa shape index (κ2) is 4.35. The fourth-order valence-electron chi connectivity index (χ4n) is 2.53. The quantitative estimate of drug-likeness (QED) is 0.828. The van der Waals surface area contributed by atoms with Crippen LogP contribution in [0.4, 0.5) is 19.1 Å². The maximum Gasteiger partial charge on any atom is 0.436 e. The van der Waals surface area contributed by atoms with Crippen molar-refractivity contribution >= 4 is 26.8 Å². The predicted molar refractivity (Wildman–Crippen MR) is 72.9 cm³/mol. The van der Waals surface area contributed by atoms with Gasteiger partial charge in [-0.05, 0) is 12.1 Å². The van der Waals surface area contributed by atoms with Crippen LogP contribution in [0.2, 0.25) is 0 Å². The number of nitrogens with zero attached hydrogens (tertiary/aromatic N) is 2. The zero-order valence-electron chi connectivity index (χ0n) is 11.3. The average molecular weight is 335 g/mol. The Balaban J connectivity index is 2.28. The molecule has 1 aliphatic rings. The first-order chi connectivity index (χ1) is 10.0. The molecule has 1 aromatic carbocycles. The molecule has 2 heterocycles. The van der Waals surface area contributed by atoms with Crippen LogP contribution in [-0.4, -0.2) is 41.2 Å². The van der Waals surface area contributed by atoms with E-state index in [-0.39, 0.29) is 5.95 Å². The van der Waals surface area contributed by atoms with E-state index < -0.39 is 33.5 Å². The Bertz CT molecular complexity index is 846. The molecule has 2 unspecified atom stereocenters. The van der Waals surface area contributed by atoms with Crippen LogP contribution in [0.1, 0.15) is 11.8 Å². The number of benzene rings is 1. The first-order valence-electron chi connectivity index (χ1n) is 6.26. The van der Waals surface area contributed by atoms with Gasteiger partial charge in [0.05, 0.1) is 11.0 Å². The van der Waals surface area contributed by atoms with Gasteiger partial charge in [-0.2, -0.15) is 13.2 Å². The van der Waals surface area contributed by atoms with Gasteiger partial charge in [-0.3, -0.25) is 4.57 Å². The van der Waals surface area contributed by atoms with Crippen molar-refractivity contribution in [1.29, 1.82) is 0 Å². The predicted octanol–water partition coefficient (Wildman–Crippen LogP) is 1.65. The number of aliphatic hydroxyl groups is 1. The molecule has 2 N–H and O–H groups in total. The minimum Gasteiger partial charge on any atom is -0.363 e. The van der Waals surface area contributed by atoms with Gasteiger partial charge in [0, 0.05) is 12.7 Å². The number of alkyl halides is 3. The molecule has 0 fully saturated rings. The van der Waals surface area contributed by atoms with Crippen LogP contribution in [0.25, 0.3) is 11.0 Å². The molecule has 0 amide bonds. The number of halogens is 3. The van der Waals surface area contributed by atoms with Crippen LogP contribution in [-0.2, 0) is 9.84 Å². The first kappa shape index (κ1) is 15.1. The Morgan fingerprint density at radius 3 is 2.64 bits per heavy atom. The van der Waals surface area contributed by atoms with Gasteiger partial charge in [0.1, 0.15) is 5.37 Å². The highest BCUT2D eigenvalue weighted by Gasteiger charge is 2.59. The lowest BCUT2D eigenvalue weighted by Crippen LogP contribution is -2.56. The highest BCUT2D eigenvalue weighted by atomic mass is 32.2. The minimum absolute atomic E-state index is 0.331. The topological polar surface area (TPSA) is 84.2 Å².